The first kappa shape index (κ1) is 14.6. The normalized spacial score (nSPS) is 23.1. The van der Waals surface area contributed by atoms with Crippen LogP contribution in [0.2, 0.25) is 0 Å². The van der Waals surface area contributed by atoms with Gasteiger partial charge in [-0.05, 0) is 87.9 Å². The highest BCUT2D eigenvalue weighted by molar-refractivity contribution is 9.10. The topological polar surface area (TPSA) is 15.3 Å². The maximum atomic E-state index is 3.84. The number of likely N-dealkylation sites (tertiary alicyclic amines) is 1. The molecule has 0 unspecified atom stereocenters. The number of hydrogen-bond donors (Lipinski definition) is 1. The third kappa shape index (κ3) is 3.26. The van der Waals surface area contributed by atoms with E-state index in [1.807, 2.05) is 0 Å². The van der Waals surface area contributed by atoms with Crippen LogP contribution in [-0.4, -0.2) is 38.1 Å². The summed E-state index contributed by atoms with van der Waals surface area (Å²) in [6, 6.07) is 7.16. The molecule has 110 valence electrons. The average molecular weight is 337 g/mol. The number of halogens is 1. The smallest absolute Gasteiger partial charge is 0.0212 e. The number of benzene rings is 1. The average Bonchev–Trinajstić information content (AvgIpc) is 2.49. The minimum Gasteiger partial charge on any atom is -0.317 e. The second-order valence-corrected chi connectivity index (χ2v) is 7.24. The largest absolute Gasteiger partial charge is 0.317 e. The van der Waals surface area contributed by atoms with Gasteiger partial charge in [0.1, 0.15) is 0 Å². The van der Waals surface area contributed by atoms with Crippen LogP contribution in [0, 0.1) is 0 Å². The third-order valence-electron chi connectivity index (χ3n) is 4.99. The molecule has 0 radical (unpaired) electrons. The monoisotopic (exact) mass is 336 g/mol. The second kappa shape index (κ2) is 6.59. The molecular formula is C17H25BrN2. The summed E-state index contributed by atoms with van der Waals surface area (Å²) in [7, 11) is 2.23. The van der Waals surface area contributed by atoms with Crippen LogP contribution >= 0.6 is 15.9 Å². The van der Waals surface area contributed by atoms with E-state index in [9.17, 15) is 0 Å². The lowest BCUT2D eigenvalue weighted by molar-refractivity contribution is 0.255. The number of nitrogens with one attached hydrogen (secondary N) is 1. The van der Waals surface area contributed by atoms with Crippen molar-refractivity contribution in [3.05, 3.63) is 33.8 Å². The molecule has 1 aromatic rings. The standard InChI is InChI=1S/C17H25BrN2/c1-20-10-6-14(7-11-20)16-3-2-15(12-17(16)18)13-4-8-19-9-5-13/h2-3,12-14,19H,4-11H2,1H3. The van der Waals surface area contributed by atoms with Crippen LogP contribution in [0.1, 0.15) is 48.6 Å². The number of hydrogen-bond acceptors (Lipinski definition) is 2. The van der Waals surface area contributed by atoms with Gasteiger partial charge >= 0.3 is 0 Å². The summed E-state index contributed by atoms with van der Waals surface area (Å²) in [5.41, 5.74) is 3.05. The van der Waals surface area contributed by atoms with Crippen molar-refractivity contribution >= 4 is 15.9 Å². The van der Waals surface area contributed by atoms with E-state index in [0.29, 0.717) is 0 Å². The zero-order valence-corrected chi connectivity index (χ0v) is 14.0. The Morgan fingerprint density at radius 3 is 2.40 bits per heavy atom. The van der Waals surface area contributed by atoms with E-state index < -0.39 is 0 Å². The van der Waals surface area contributed by atoms with Gasteiger partial charge in [-0.15, -0.1) is 0 Å². The zero-order chi connectivity index (χ0) is 13.9. The van der Waals surface area contributed by atoms with Crippen molar-refractivity contribution < 1.29 is 0 Å². The minimum atomic E-state index is 0.739. The molecule has 0 amide bonds. The molecule has 0 bridgehead atoms. The van der Waals surface area contributed by atoms with Gasteiger partial charge in [0, 0.05) is 4.47 Å². The first-order chi connectivity index (χ1) is 9.74. The molecule has 3 rings (SSSR count). The van der Waals surface area contributed by atoms with E-state index in [1.54, 1.807) is 0 Å². The number of rotatable bonds is 2. The summed E-state index contributed by atoms with van der Waals surface area (Å²) in [4.78, 5) is 2.44. The van der Waals surface area contributed by atoms with Crippen molar-refractivity contribution in [1.82, 2.24) is 10.2 Å². The number of piperidine rings is 2. The SMILES string of the molecule is CN1CCC(c2ccc(C3CCNCC3)cc2Br)CC1. The molecule has 2 aliphatic heterocycles. The van der Waals surface area contributed by atoms with Gasteiger partial charge in [-0.2, -0.15) is 0 Å². The van der Waals surface area contributed by atoms with Crippen molar-refractivity contribution in [2.75, 3.05) is 33.2 Å². The van der Waals surface area contributed by atoms with E-state index in [2.05, 4.69) is 51.4 Å². The lowest BCUT2D eigenvalue weighted by Crippen LogP contribution is -2.29. The lowest BCUT2D eigenvalue weighted by Gasteiger charge is -2.30. The molecule has 1 aromatic carbocycles. The van der Waals surface area contributed by atoms with Crippen LogP contribution in [0.25, 0.3) is 0 Å². The molecule has 2 aliphatic rings. The molecule has 0 atom stereocenters. The summed E-state index contributed by atoms with van der Waals surface area (Å²) < 4.78 is 1.34. The molecule has 2 nitrogen and oxygen atoms in total. The minimum absolute atomic E-state index is 0.739. The second-order valence-electron chi connectivity index (χ2n) is 6.38. The van der Waals surface area contributed by atoms with Crippen LogP contribution in [0.4, 0.5) is 0 Å². The maximum Gasteiger partial charge on any atom is 0.0212 e. The molecule has 2 fully saturated rings. The number of nitrogens with zero attached hydrogens (tertiary/aromatic N) is 1. The Kier molecular flexibility index (Phi) is 4.79. The van der Waals surface area contributed by atoms with E-state index in [1.165, 1.54) is 67.5 Å². The Morgan fingerprint density at radius 2 is 1.75 bits per heavy atom. The van der Waals surface area contributed by atoms with E-state index in [4.69, 9.17) is 0 Å². The molecule has 0 saturated carbocycles. The van der Waals surface area contributed by atoms with Crippen LogP contribution in [0.5, 0.6) is 0 Å². The van der Waals surface area contributed by atoms with E-state index in [-0.39, 0.29) is 0 Å². The van der Waals surface area contributed by atoms with Gasteiger partial charge in [0.25, 0.3) is 0 Å². The summed E-state index contributed by atoms with van der Waals surface area (Å²) in [5, 5.41) is 3.45. The fourth-order valence-corrected chi connectivity index (χ4v) is 4.32. The van der Waals surface area contributed by atoms with Crippen LogP contribution in [0.15, 0.2) is 22.7 Å². The first-order valence-corrected chi connectivity index (χ1v) is 8.72. The van der Waals surface area contributed by atoms with Gasteiger partial charge in [-0.25, -0.2) is 0 Å². The van der Waals surface area contributed by atoms with E-state index in [0.717, 1.165) is 11.8 Å². The fraction of sp³-hybridized carbons (Fsp3) is 0.647. The molecule has 2 heterocycles. The lowest BCUT2D eigenvalue weighted by atomic mass is 9.86. The summed E-state index contributed by atoms with van der Waals surface area (Å²) in [5.74, 6) is 1.49. The Morgan fingerprint density at radius 1 is 1.05 bits per heavy atom. The molecule has 0 aliphatic carbocycles. The highest BCUT2D eigenvalue weighted by Crippen LogP contribution is 2.35. The predicted molar refractivity (Wildman–Crippen MR) is 88.5 cm³/mol. The Bertz CT molecular complexity index is 446. The Balaban J connectivity index is 1.73. The summed E-state index contributed by atoms with van der Waals surface area (Å²) in [6.45, 7) is 4.79. The van der Waals surface area contributed by atoms with Gasteiger partial charge in [0.2, 0.25) is 0 Å². The highest BCUT2D eigenvalue weighted by atomic mass is 79.9. The molecular weight excluding hydrogens is 312 g/mol. The summed E-state index contributed by atoms with van der Waals surface area (Å²) >= 11 is 3.84. The van der Waals surface area contributed by atoms with Crippen molar-refractivity contribution in [3.63, 3.8) is 0 Å². The molecule has 3 heteroatoms. The Labute approximate surface area is 131 Å². The molecule has 1 N–H and O–H groups in total. The van der Waals surface area contributed by atoms with Gasteiger partial charge in [-0.1, -0.05) is 28.1 Å². The van der Waals surface area contributed by atoms with Gasteiger partial charge in [0.15, 0.2) is 0 Å². The van der Waals surface area contributed by atoms with Crippen molar-refractivity contribution in [1.29, 1.82) is 0 Å². The third-order valence-corrected chi connectivity index (χ3v) is 5.68. The van der Waals surface area contributed by atoms with Gasteiger partial charge in [0.05, 0.1) is 0 Å². The van der Waals surface area contributed by atoms with Crippen molar-refractivity contribution in [3.8, 4) is 0 Å². The highest BCUT2D eigenvalue weighted by Gasteiger charge is 2.22. The molecule has 2 saturated heterocycles. The van der Waals surface area contributed by atoms with Crippen LogP contribution in [-0.2, 0) is 0 Å². The molecule has 20 heavy (non-hydrogen) atoms. The van der Waals surface area contributed by atoms with Crippen molar-refractivity contribution in [2.24, 2.45) is 0 Å². The van der Waals surface area contributed by atoms with Gasteiger partial charge < -0.3 is 10.2 Å². The van der Waals surface area contributed by atoms with Crippen LogP contribution < -0.4 is 5.32 Å². The van der Waals surface area contributed by atoms with Crippen LogP contribution in [0.3, 0.4) is 0 Å². The molecule has 0 spiro atoms. The fourth-order valence-electron chi connectivity index (χ4n) is 3.60. The van der Waals surface area contributed by atoms with Crippen molar-refractivity contribution in [2.45, 2.75) is 37.5 Å². The molecule has 0 aromatic heterocycles. The first-order valence-electron chi connectivity index (χ1n) is 7.92. The zero-order valence-electron chi connectivity index (χ0n) is 12.4. The Hall–Kier alpha value is -0.380. The quantitative estimate of drug-likeness (QED) is 0.885. The van der Waals surface area contributed by atoms with E-state index >= 15 is 0 Å². The van der Waals surface area contributed by atoms with Gasteiger partial charge in [-0.3, -0.25) is 0 Å². The summed E-state index contributed by atoms with van der Waals surface area (Å²) in [6.07, 6.45) is 5.14. The maximum absolute atomic E-state index is 3.84. The predicted octanol–water partition coefficient (Wildman–Crippen LogP) is 3.73.